The minimum atomic E-state index is -0.464. The summed E-state index contributed by atoms with van der Waals surface area (Å²) in [6, 6.07) is 12.1. The van der Waals surface area contributed by atoms with E-state index in [2.05, 4.69) is 5.32 Å². The van der Waals surface area contributed by atoms with Crippen LogP contribution in [0.5, 0.6) is 0 Å². The summed E-state index contributed by atoms with van der Waals surface area (Å²) in [5.41, 5.74) is 0.902. The summed E-state index contributed by atoms with van der Waals surface area (Å²) in [5.74, 6) is -1.22. The number of piperidine rings is 1. The molecule has 0 atom stereocenters. The first-order chi connectivity index (χ1) is 13.6. The Kier molecular flexibility index (Phi) is 6.40. The van der Waals surface area contributed by atoms with Crippen LogP contribution in [0.25, 0.3) is 0 Å². The van der Waals surface area contributed by atoms with Crippen LogP contribution in [0.2, 0.25) is 0 Å². The average Bonchev–Trinajstić information content (AvgIpc) is 3.26. The molecule has 7 nitrogen and oxygen atoms in total. The number of carbonyl (C=O) groups is 3. The van der Waals surface area contributed by atoms with E-state index in [-0.39, 0.29) is 18.4 Å². The zero-order valence-electron chi connectivity index (χ0n) is 15.1. The van der Waals surface area contributed by atoms with Crippen LogP contribution < -0.4 is 5.32 Å². The summed E-state index contributed by atoms with van der Waals surface area (Å²) < 4.78 is 5.12. The average molecular weight is 397 g/mol. The van der Waals surface area contributed by atoms with Crippen molar-refractivity contribution >= 4 is 34.8 Å². The number of ether oxygens (including phenoxy) is 1. The van der Waals surface area contributed by atoms with Gasteiger partial charge in [0.25, 0.3) is 11.8 Å². The molecule has 0 aliphatic carbocycles. The summed E-state index contributed by atoms with van der Waals surface area (Å²) in [7, 11) is 0. The highest BCUT2D eigenvalue weighted by atomic mass is 32.1. The predicted octanol–water partition coefficient (Wildman–Crippen LogP) is 2.65. The number of carbonyl (C=O) groups excluding carboxylic acids is 3. The summed E-state index contributed by atoms with van der Waals surface area (Å²) in [4.78, 5) is 38.9. The fraction of sp³-hybridized carbons (Fsp3) is 0.300. The van der Waals surface area contributed by atoms with Crippen molar-refractivity contribution in [3.05, 3.63) is 52.2 Å². The summed E-state index contributed by atoms with van der Waals surface area (Å²) in [6.07, 6.45) is 1.03. The molecule has 28 heavy (non-hydrogen) atoms. The summed E-state index contributed by atoms with van der Waals surface area (Å²) in [5, 5.41) is 13.3. The molecule has 1 aliphatic heterocycles. The Bertz CT molecular complexity index is 896. The lowest BCUT2D eigenvalue weighted by Crippen LogP contribution is -2.40. The first-order valence-electron chi connectivity index (χ1n) is 8.86. The number of esters is 1. The lowest BCUT2D eigenvalue weighted by atomic mass is 9.97. The second-order valence-corrected chi connectivity index (χ2v) is 7.34. The largest absolute Gasteiger partial charge is 0.455 e. The van der Waals surface area contributed by atoms with Gasteiger partial charge in [-0.05, 0) is 42.5 Å². The van der Waals surface area contributed by atoms with Crippen molar-refractivity contribution in [2.75, 3.05) is 25.0 Å². The summed E-state index contributed by atoms with van der Waals surface area (Å²) in [6.45, 7) is 0.594. The number of hydrogen-bond acceptors (Lipinski definition) is 6. The van der Waals surface area contributed by atoms with Crippen molar-refractivity contribution in [3.8, 4) is 6.07 Å². The number of likely N-dealkylation sites (tertiary alicyclic amines) is 1. The van der Waals surface area contributed by atoms with E-state index < -0.39 is 11.9 Å². The van der Waals surface area contributed by atoms with Crippen LogP contribution in [0.15, 0.2) is 41.8 Å². The third-order valence-corrected chi connectivity index (χ3v) is 5.33. The minimum Gasteiger partial charge on any atom is -0.455 e. The van der Waals surface area contributed by atoms with Crippen LogP contribution in [0.4, 0.5) is 5.69 Å². The van der Waals surface area contributed by atoms with Gasteiger partial charge in [-0.1, -0.05) is 12.1 Å². The predicted molar refractivity (Wildman–Crippen MR) is 104 cm³/mol. The molecule has 0 bridgehead atoms. The van der Waals surface area contributed by atoms with Gasteiger partial charge in [0.2, 0.25) is 0 Å². The fourth-order valence-corrected chi connectivity index (χ4v) is 3.68. The lowest BCUT2D eigenvalue weighted by molar-refractivity contribution is -0.152. The van der Waals surface area contributed by atoms with Crippen molar-refractivity contribution in [1.29, 1.82) is 5.26 Å². The lowest BCUT2D eigenvalue weighted by Gasteiger charge is -2.30. The molecule has 0 radical (unpaired) electrons. The molecule has 1 fully saturated rings. The standard InChI is InChI=1S/C20H19N3O4S/c21-12-14-3-1-4-16(11-14)22-18(24)13-27-20(26)15-6-8-23(9-7-15)19(25)17-5-2-10-28-17/h1-5,10-11,15H,6-9,13H2,(H,22,24). The molecule has 0 spiro atoms. The molecule has 1 saturated heterocycles. The highest BCUT2D eigenvalue weighted by molar-refractivity contribution is 7.12. The number of hydrogen-bond donors (Lipinski definition) is 1. The number of anilines is 1. The number of thiophene rings is 1. The third kappa shape index (κ3) is 4.96. The first-order valence-corrected chi connectivity index (χ1v) is 9.74. The Hall–Kier alpha value is -3.18. The number of benzene rings is 1. The molecule has 8 heteroatoms. The Morgan fingerprint density at radius 2 is 2.00 bits per heavy atom. The number of nitrogens with zero attached hydrogens (tertiary/aromatic N) is 2. The van der Waals surface area contributed by atoms with Crippen LogP contribution in [0, 0.1) is 17.2 Å². The van der Waals surface area contributed by atoms with E-state index in [1.165, 1.54) is 11.3 Å². The molecular formula is C20H19N3O4S. The molecule has 0 unspecified atom stereocenters. The van der Waals surface area contributed by atoms with Crippen LogP contribution in [-0.2, 0) is 14.3 Å². The second-order valence-electron chi connectivity index (χ2n) is 6.39. The number of rotatable bonds is 5. The van der Waals surface area contributed by atoms with Gasteiger partial charge in [0, 0.05) is 18.8 Å². The molecule has 2 amide bonds. The normalized spacial score (nSPS) is 14.2. The van der Waals surface area contributed by atoms with Crippen molar-refractivity contribution < 1.29 is 19.1 Å². The first kappa shape index (κ1) is 19.6. The van der Waals surface area contributed by atoms with Crippen molar-refractivity contribution in [2.24, 2.45) is 5.92 Å². The zero-order chi connectivity index (χ0) is 19.9. The molecular weight excluding hydrogens is 378 g/mol. The smallest absolute Gasteiger partial charge is 0.309 e. The van der Waals surface area contributed by atoms with E-state index in [0.717, 1.165) is 0 Å². The molecule has 0 saturated carbocycles. The molecule has 3 rings (SSSR count). The van der Waals surface area contributed by atoms with Gasteiger partial charge < -0.3 is 15.0 Å². The molecule has 1 aliphatic rings. The van der Waals surface area contributed by atoms with Gasteiger partial charge in [0.1, 0.15) is 0 Å². The van der Waals surface area contributed by atoms with Gasteiger partial charge in [-0.2, -0.15) is 5.26 Å². The maximum Gasteiger partial charge on any atom is 0.309 e. The Morgan fingerprint density at radius 3 is 2.68 bits per heavy atom. The van der Waals surface area contributed by atoms with Gasteiger partial charge in [0.05, 0.1) is 22.4 Å². The molecule has 2 aromatic rings. The maximum atomic E-state index is 12.3. The van der Waals surface area contributed by atoms with Gasteiger partial charge in [-0.3, -0.25) is 14.4 Å². The van der Waals surface area contributed by atoms with E-state index >= 15 is 0 Å². The van der Waals surface area contributed by atoms with E-state index in [0.29, 0.717) is 42.1 Å². The molecule has 1 aromatic heterocycles. The SMILES string of the molecule is N#Cc1cccc(NC(=O)COC(=O)C2CCN(C(=O)c3cccs3)CC2)c1. The van der Waals surface area contributed by atoms with Crippen LogP contribution in [0.1, 0.15) is 28.1 Å². The molecule has 144 valence electrons. The summed E-state index contributed by atoms with van der Waals surface area (Å²) >= 11 is 1.40. The van der Waals surface area contributed by atoms with Crippen LogP contribution in [-0.4, -0.2) is 42.4 Å². The monoisotopic (exact) mass is 397 g/mol. The van der Waals surface area contributed by atoms with E-state index in [1.807, 2.05) is 17.5 Å². The van der Waals surface area contributed by atoms with E-state index in [4.69, 9.17) is 10.00 Å². The van der Waals surface area contributed by atoms with Crippen molar-refractivity contribution in [2.45, 2.75) is 12.8 Å². The van der Waals surface area contributed by atoms with Gasteiger partial charge in [0.15, 0.2) is 6.61 Å². The number of amides is 2. The van der Waals surface area contributed by atoms with Gasteiger partial charge >= 0.3 is 5.97 Å². The maximum absolute atomic E-state index is 12.3. The van der Waals surface area contributed by atoms with Gasteiger partial charge in [-0.25, -0.2) is 0 Å². The number of nitrogens with one attached hydrogen (secondary N) is 1. The van der Waals surface area contributed by atoms with Crippen molar-refractivity contribution in [1.82, 2.24) is 4.90 Å². The minimum absolute atomic E-state index is 0.0132. The quantitative estimate of drug-likeness (QED) is 0.782. The second kappa shape index (κ2) is 9.15. The highest BCUT2D eigenvalue weighted by Crippen LogP contribution is 2.21. The third-order valence-electron chi connectivity index (χ3n) is 4.47. The molecule has 1 N–H and O–H groups in total. The fourth-order valence-electron chi connectivity index (χ4n) is 2.99. The molecule has 2 heterocycles. The Balaban J connectivity index is 1.42. The Labute approximate surface area is 166 Å². The Morgan fingerprint density at radius 1 is 1.21 bits per heavy atom. The van der Waals surface area contributed by atoms with Crippen molar-refractivity contribution in [3.63, 3.8) is 0 Å². The van der Waals surface area contributed by atoms with Crippen LogP contribution in [0.3, 0.4) is 0 Å². The van der Waals surface area contributed by atoms with E-state index in [9.17, 15) is 14.4 Å². The van der Waals surface area contributed by atoms with Crippen LogP contribution >= 0.6 is 11.3 Å². The highest BCUT2D eigenvalue weighted by Gasteiger charge is 2.29. The van der Waals surface area contributed by atoms with Gasteiger partial charge in [-0.15, -0.1) is 11.3 Å². The topological polar surface area (TPSA) is 99.5 Å². The van der Waals surface area contributed by atoms with E-state index in [1.54, 1.807) is 35.2 Å². The zero-order valence-corrected chi connectivity index (χ0v) is 15.9. The molecule has 1 aromatic carbocycles. The number of nitriles is 1.